The first kappa shape index (κ1) is 10.0. The second kappa shape index (κ2) is 4.00. The van der Waals surface area contributed by atoms with Gasteiger partial charge in [0.05, 0.1) is 21.8 Å². The summed E-state index contributed by atoms with van der Waals surface area (Å²) in [7, 11) is 0. The number of benzene rings is 2. The second-order valence-corrected chi connectivity index (χ2v) is 4.71. The predicted octanol–water partition coefficient (Wildman–Crippen LogP) is 3.83. The standard InChI is InChI=1S/C14H8N2S/c15-9-10-6-7-12-13(8-10)17-14(16-12)11-4-2-1-3-5-11/h1-8H. The Morgan fingerprint density at radius 3 is 2.65 bits per heavy atom. The van der Waals surface area contributed by atoms with Gasteiger partial charge in [-0.05, 0) is 18.2 Å². The number of nitriles is 1. The fourth-order valence-electron chi connectivity index (χ4n) is 1.70. The van der Waals surface area contributed by atoms with Crippen molar-refractivity contribution in [2.24, 2.45) is 0 Å². The average Bonchev–Trinajstić information content (AvgIpc) is 2.82. The van der Waals surface area contributed by atoms with Gasteiger partial charge in [-0.25, -0.2) is 4.98 Å². The van der Waals surface area contributed by atoms with Crippen molar-refractivity contribution in [1.82, 2.24) is 4.98 Å². The third-order valence-electron chi connectivity index (χ3n) is 2.54. The number of rotatable bonds is 1. The molecule has 1 aromatic heterocycles. The maximum absolute atomic E-state index is 8.86. The second-order valence-electron chi connectivity index (χ2n) is 3.68. The summed E-state index contributed by atoms with van der Waals surface area (Å²) in [5, 5.41) is 9.85. The molecule has 0 fully saturated rings. The highest BCUT2D eigenvalue weighted by Crippen LogP contribution is 2.30. The number of aromatic nitrogens is 1. The normalized spacial score (nSPS) is 10.3. The summed E-state index contributed by atoms with van der Waals surface area (Å²) in [6.45, 7) is 0. The Hall–Kier alpha value is -2.18. The molecule has 2 nitrogen and oxygen atoms in total. The van der Waals surface area contributed by atoms with Crippen LogP contribution in [0.25, 0.3) is 20.8 Å². The van der Waals surface area contributed by atoms with Crippen LogP contribution in [-0.4, -0.2) is 4.98 Å². The van der Waals surface area contributed by atoms with E-state index in [1.807, 2.05) is 42.5 Å². The lowest BCUT2D eigenvalue weighted by Crippen LogP contribution is -1.74. The van der Waals surface area contributed by atoms with Gasteiger partial charge in [0.1, 0.15) is 5.01 Å². The third-order valence-corrected chi connectivity index (χ3v) is 3.61. The smallest absolute Gasteiger partial charge is 0.124 e. The van der Waals surface area contributed by atoms with Crippen molar-refractivity contribution in [3.63, 3.8) is 0 Å². The molecule has 0 amide bonds. The number of thiazole rings is 1. The first-order chi connectivity index (χ1) is 8.36. The van der Waals surface area contributed by atoms with Gasteiger partial charge in [-0.15, -0.1) is 11.3 Å². The Morgan fingerprint density at radius 2 is 1.88 bits per heavy atom. The van der Waals surface area contributed by atoms with E-state index in [4.69, 9.17) is 5.26 Å². The zero-order chi connectivity index (χ0) is 11.7. The monoisotopic (exact) mass is 236 g/mol. The molecular weight excluding hydrogens is 228 g/mol. The van der Waals surface area contributed by atoms with E-state index in [0.29, 0.717) is 5.56 Å². The van der Waals surface area contributed by atoms with E-state index in [2.05, 4.69) is 11.1 Å². The van der Waals surface area contributed by atoms with E-state index >= 15 is 0 Å². The van der Waals surface area contributed by atoms with Gasteiger partial charge in [0.15, 0.2) is 0 Å². The zero-order valence-corrected chi connectivity index (χ0v) is 9.74. The Balaban J connectivity index is 2.18. The lowest BCUT2D eigenvalue weighted by molar-refractivity contribution is 1.46. The first-order valence-corrected chi connectivity index (χ1v) is 6.04. The number of hydrogen-bond acceptors (Lipinski definition) is 3. The zero-order valence-electron chi connectivity index (χ0n) is 8.92. The van der Waals surface area contributed by atoms with Crippen molar-refractivity contribution in [2.45, 2.75) is 0 Å². The fraction of sp³-hybridized carbons (Fsp3) is 0. The number of hydrogen-bond donors (Lipinski definition) is 0. The molecule has 0 atom stereocenters. The molecule has 0 spiro atoms. The molecule has 3 aromatic rings. The van der Waals surface area contributed by atoms with Gasteiger partial charge in [-0.3, -0.25) is 0 Å². The van der Waals surface area contributed by atoms with Crippen LogP contribution in [0.5, 0.6) is 0 Å². The molecule has 3 rings (SSSR count). The maximum Gasteiger partial charge on any atom is 0.124 e. The Bertz CT molecular complexity index is 708. The molecule has 17 heavy (non-hydrogen) atoms. The molecule has 1 heterocycles. The van der Waals surface area contributed by atoms with Crippen molar-refractivity contribution < 1.29 is 0 Å². The number of nitrogens with zero attached hydrogens (tertiary/aromatic N) is 2. The molecule has 0 radical (unpaired) electrons. The molecule has 0 unspecified atom stereocenters. The lowest BCUT2D eigenvalue weighted by atomic mass is 10.2. The van der Waals surface area contributed by atoms with Crippen LogP contribution in [0.15, 0.2) is 48.5 Å². The van der Waals surface area contributed by atoms with Crippen LogP contribution in [0.3, 0.4) is 0 Å². The largest absolute Gasteiger partial charge is 0.236 e. The molecule has 2 aromatic carbocycles. The van der Waals surface area contributed by atoms with Gasteiger partial charge >= 0.3 is 0 Å². The highest BCUT2D eigenvalue weighted by Gasteiger charge is 2.06. The highest BCUT2D eigenvalue weighted by atomic mass is 32.1. The van der Waals surface area contributed by atoms with Crippen LogP contribution in [-0.2, 0) is 0 Å². The predicted molar refractivity (Wildman–Crippen MR) is 69.8 cm³/mol. The topological polar surface area (TPSA) is 36.7 Å². The molecule has 0 saturated heterocycles. The van der Waals surface area contributed by atoms with Crippen LogP contribution in [0.2, 0.25) is 0 Å². The molecule has 0 aliphatic rings. The maximum atomic E-state index is 8.86. The van der Waals surface area contributed by atoms with Crippen LogP contribution in [0.1, 0.15) is 5.56 Å². The minimum atomic E-state index is 0.681. The Kier molecular flexibility index (Phi) is 2.36. The fourth-order valence-corrected chi connectivity index (χ4v) is 2.71. The molecule has 0 saturated carbocycles. The van der Waals surface area contributed by atoms with Crippen molar-refractivity contribution in [1.29, 1.82) is 5.26 Å². The van der Waals surface area contributed by atoms with Crippen molar-refractivity contribution in [3.8, 4) is 16.6 Å². The van der Waals surface area contributed by atoms with Crippen LogP contribution < -0.4 is 0 Å². The van der Waals surface area contributed by atoms with E-state index in [-0.39, 0.29) is 0 Å². The quantitative estimate of drug-likeness (QED) is 0.643. The molecule has 3 heteroatoms. The summed E-state index contributed by atoms with van der Waals surface area (Å²) in [6.07, 6.45) is 0. The minimum Gasteiger partial charge on any atom is -0.236 e. The van der Waals surface area contributed by atoms with E-state index in [9.17, 15) is 0 Å². The van der Waals surface area contributed by atoms with Crippen LogP contribution in [0, 0.1) is 11.3 Å². The van der Waals surface area contributed by atoms with E-state index in [0.717, 1.165) is 20.8 Å². The van der Waals surface area contributed by atoms with Crippen LogP contribution >= 0.6 is 11.3 Å². The SMILES string of the molecule is N#Cc1ccc2nc(-c3ccccc3)sc2c1. The summed E-state index contributed by atoms with van der Waals surface area (Å²) in [5.74, 6) is 0. The third kappa shape index (κ3) is 1.79. The molecule has 0 bridgehead atoms. The van der Waals surface area contributed by atoms with Crippen LogP contribution in [0.4, 0.5) is 0 Å². The summed E-state index contributed by atoms with van der Waals surface area (Å²) >= 11 is 1.62. The van der Waals surface area contributed by atoms with Crippen molar-refractivity contribution >= 4 is 21.6 Å². The molecule has 0 N–H and O–H groups in total. The summed E-state index contributed by atoms with van der Waals surface area (Å²) in [5.41, 5.74) is 2.75. The average molecular weight is 236 g/mol. The van der Waals surface area contributed by atoms with Gasteiger partial charge in [0.25, 0.3) is 0 Å². The Morgan fingerprint density at radius 1 is 1.06 bits per heavy atom. The van der Waals surface area contributed by atoms with E-state index in [1.165, 1.54) is 0 Å². The summed E-state index contributed by atoms with van der Waals surface area (Å²) in [6, 6.07) is 17.8. The molecule has 80 valence electrons. The highest BCUT2D eigenvalue weighted by molar-refractivity contribution is 7.21. The Labute approximate surface area is 103 Å². The van der Waals surface area contributed by atoms with Gasteiger partial charge < -0.3 is 0 Å². The molecule has 0 aliphatic carbocycles. The lowest BCUT2D eigenvalue weighted by Gasteiger charge is -1.92. The van der Waals surface area contributed by atoms with Gasteiger partial charge in [0.2, 0.25) is 0 Å². The summed E-state index contributed by atoms with van der Waals surface area (Å²) in [4.78, 5) is 4.57. The molecular formula is C14H8N2S. The first-order valence-electron chi connectivity index (χ1n) is 5.23. The van der Waals surface area contributed by atoms with E-state index < -0.39 is 0 Å². The van der Waals surface area contributed by atoms with Gasteiger partial charge in [0, 0.05) is 5.56 Å². The molecule has 0 aliphatic heterocycles. The minimum absolute atomic E-state index is 0.681. The van der Waals surface area contributed by atoms with Crippen molar-refractivity contribution in [2.75, 3.05) is 0 Å². The van der Waals surface area contributed by atoms with E-state index in [1.54, 1.807) is 17.4 Å². The van der Waals surface area contributed by atoms with Crippen molar-refractivity contribution in [3.05, 3.63) is 54.1 Å². The number of fused-ring (bicyclic) bond motifs is 1. The van der Waals surface area contributed by atoms with Gasteiger partial charge in [-0.2, -0.15) is 5.26 Å². The summed E-state index contributed by atoms with van der Waals surface area (Å²) < 4.78 is 1.06. The van der Waals surface area contributed by atoms with Gasteiger partial charge in [-0.1, -0.05) is 30.3 Å².